The number of hydrogen-bond acceptors (Lipinski definition) is 3. The number of likely N-dealkylation sites (tertiary alicyclic amines) is 1. The molecular weight excluding hydrogens is 198 g/mol. The molecule has 2 N–H and O–H groups in total. The Balaban J connectivity index is 2.03. The topological polar surface area (TPSA) is 32.5 Å². The third-order valence-corrected chi connectivity index (χ3v) is 3.70. The number of likely N-dealkylation sites (N-methyl/N-ethyl adjacent to an activating group) is 1. The average Bonchev–Trinajstić information content (AvgIpc) is 2.75. The van der Waals surface area contributed by atoms with E-state index in [1.165, 1.54) is 39.0 Å². The van der Waals surface area contributed by atoms with Gasteiger partial charge in [0.25, 0.3) is 0 Å². The molecule has 0 spiro atoms. The van der Waals surface area contributed by atoms with Gasteiger partial charge in [-0.3, -0.25) is 0 Å². The molecule has 0 aromatic heterocycles. The van der Waals surface area contributed by atoms with E-state index >= 15 is 0 Å². The molecule has 1 unspecified atom stereocenters. The Labute approximate surface area is 101 Å². The summed E-state index contributed by atoms with van der Waals surface area (Å²) in [6, 6.07) is 0.356. The minimum Gasteiger partial charge on any atom is -0.327 e. The van der Waals surface area contributed by atoms with Crippen LogP contribution in [0.5, 0.6) is 0 Å². The second kappa shape index (κ2) is 7.25. The van der Waals surface area contributed by atoms with Gasteiger partial charge in [0, 0.05) is 19.1 Å². The van der Waals surface area contributed by atoms with Crippen molar-refractivity contribution >= 4 is 0 Å². The smallest absolute Gasteiger partial charge is 0.0109 e. The summed E-state index contributed by atoms with van der Waals surface area (Å²) in [5.74, 6) is 0.604. The fourth-order valence-corrected chi connectivity index (χ4v) is 2.13. The molecule has 3 heteroatoms. The first-order chi connectivity index (χ1) is 7.59. The Hall–Kier alpha value is -0.120. The Morgan fingerprint density at radius 3 is 2.38 bits per heavy atom. The number of nitrogens with zero attached hydrogens (tertiary/aromatic N) is 2. The van der Waals surface area contributed by atoms with Gasteiger partial charge in [0.2, 0.25) is 0 Å². The van der Waals surface area contributed by atoms with E-state index < -0.39 is 0 Å². The molecule has 96 valence electrons. The highest BCUT2D eigenvalue weighted by Gasteiger charge is 2.12. The maximum atomic E-state index is 6.05. The lowest BCUT2D eigenvalue weighted by molar-refractivity contribution is 0.246. The van der Waals surface area contributed by atoms with Crippen LogP contribution in [0.3, 0.4) is 0 Å². The van der Waals surface area contributed by atoms with Gasteiger partial charge < -0.3 is 15.5 Å². The number of nitrogens with two attached hydrogens (primary N) is 1. The standard InChI is InChI=1S/C13H29N3/c1-12(2)13(14)6-9-15(3)10-11-16-7-4-5-8-16/h12-13H,4-11,14H2,1-3H3. The molecule has 1 rings (SSSR count). The molecule has 1 aliphatic rings. The van der Waals surface area contributed by atoms with Gasteiger partial charge >= 0.3 is 0 Å². The third-order valence-electron chi connectivity index (χ3n) is 3.70. The van der Waals surface area contributed by atoms with Gasteiger partial charge in [-0.15, -0.1) is 0 Å². The summed E-state index contributed by atoms with van der Waals surface area (Å²) in [6.07, 6.45) is 3.90. The highest BCUT2D eigenvalue weighted by atomic mass is 15.2. The van der Waals surface area contributed by atoms with E-state index in [9.17, 15) is 0 Å². The van der Waals surface area contributed by atoms with Crippen molar-refractivity contribution in [2.75, 3.05) is 39.8 Å². The van der Waals surface area contributed by atoms with Crippen molar-refractivity contribution in [2.45, 2.75) is 39.2 Å². The maximum Gasteiger partial charge on any atom is 0.0109 e. The molecule has 0 amide bonds. The summed E-state index contributed by atoms with van der Waals surface area (Å²) in [5, 5.41) is 0. The van der Waals surface area contributed by atoms with Crippen LogP contribution in [-0.2, 0) is 0 Å². The Morgan fingerprint density at radius 1 is 1.19 bits per heavy atom. The molecule has 3 nitrogen and oxygen atoms in total. The third kappa shape index (κ3) is 5.28. The predicted molar refractivity (Wildman–Crippen MR) is 70.6 cm³/mol. The van der Waals surface area contributed by atoms with Crippen molar-refractivity contribution in [1.82, 2.24) is 9.80 Å². The van der Waals surface area contributed by atoms with Crippen LogP contribution in [0.1, 0.15) is 33.1 Å². The Morgan fingerprint density at radius 2 is 1.81 bits per heavy atom. The van der Waals surface area contributed by atoms with Crippen LogP contribution in [-0.4, -0.2) is 55.6 Å². The van der Waals surface area contributed by atoms with Crippen LogP contribution in [0.4, 0.5) is 0 Å². The fourth-order valence-electron chi connectivity index (χ4n) is 2.13. The highest BCUT2D eigenvalue weighted by molar-refractivity contribution is 4.70. The summed E-state index contributed by atoms with van der Waals surface area (Å²) >= 11 is 0. The second-order valence-corrected chi connectivity index (χ2v) is 5.55. The first-order valence-corrected chi connectivity index (χ1v) is 6.76. The molecule has 0 aliphatic carbocycles. The monoisotopic (exact) mass is 227 g/mol. The second-order valence-electron chi connectivity index (χ2n) is 5.55. The van der Waals surface area contributed by atoms with Crippen LogP contribution in [0.15, 0.2) is 0 Å². The van der Waals surface area contributed by atoms with Crippen LogP contribution < -0.4 is 5.73 Å². The average molecular weight is 227 g/mol. The minimum atomic E-state index is 0.356. The number of hydrogen-bond donors (Lipinski definition) is 1. The fraction of sp³-hybridized carbons (Fsp3) is 1.00. The van der Waals surface area contributed by atoms with Crippen molar-refractivity contribution in [1.29, 1.82) is 0 Å². The van der Waals surface area contributed by atoms with Crippen molar-refractivity contribution in [3.05, 3.63) is 0 Å². The summed E-state index contributed by atoms with van der Waals surface area (Å²) in [6.45, 7) is 10.6. The van der Waals surface area contributed by atoms with Crippen molar-refractivity contribution in [2.24, 2.45) is 11.7 Å². The first-order valence-electron chi connectivity index (χ1n) is 6.76. The molecule has 0 aromatic carbocycles. The van der Waals surface area contributed by atoms with Gasteiger partial charge in [-0.2, -0.15) is 0 Å². The van der Waals surface area contributed by atoms with Crippen molar-refractivity contribution in [3.63, 3.8) is 0 Å². The zero-order valence-electron chi connectivity index (χ0n) is 11.3. The van der Waals surface area contributed by atoms with E-state index in [-0.39, 0.29) is 0 Å². The summed E-state index contributed by atoms with van der Waals surface area (Å²) in [4.78, 5) is 4.99. The molecule has 16 heavy (non-hydrogen) atoms. The van der Waals surface area contributed by atoms with E-state index in [1.807, 2.05) is 0 Å². The van der Waals surface area contributed by atoms with E-state index in [4.69, 9.17) is 5.73 Å². The van der Waals surface area contributed by atoms with E-state index in [0.717, 1.165) is 13.0 Å². The zero-order chi connectivity index (χ0) is 12.0. The van der Waals surface area contributed by atoms with Crippen LogP contribution in [0.2, 0.25) is 0 Å². The molecule has 0 radical (unpaired) electrons. The summed E-state index contributed by atoms with van der Waals surface area (Å²) < 4.78 is 0. The SMILES string of the molecule is CC(C)C(N)CCN(C)CCN1CCCC1. The van der Waals surface area contributed by atoms with E-state index in [0.29, 0.717) is 12.0 Å². The van der Waals surface area contributed by atoms with Gasteiger partial charge in [-0.05, 0) is 51.9 Å². The van der Waals surface area contributed by atoms with Gasteiger partial charge in [-0.1, -0.05) is 13.8 Å². The minimum absolute atomic E-state index is 0.356. The normalized spacial score (nSPS) is 19.9. The highest BCUT2D eigenvalue weighted by Crippen LogP contribution is 2.07. The lowest BCUT2D eigenvalue weighted by Gasteiger charge is -2.23. The molecule has 1 heterocycles. The first kappa shape index (κ1) is 13.9. The Bertz CT molecular complexity index is 170. The largest absolute Gasteiger partial charge is 0.327 e. The number of rotatable bonds is 7. The Kier molecular flexibility index (Phi) is 6.32. The van der Waals surface area contributed by atoms with Crippen LogP contribution in [0.25, 0.3) is 0 Å². The van der Waals surface area contributed by atoms with E-state index in [1.54, 1.807) is 0 Å². The summed E-state index contributed by atoms with van der Waals surface area (Å²) in [7, 11) is 2.21. The predicted octanol–water partition coefficient (Wildman–Crippen LogP) is 1.39. The molecular formula is C13H29N3. The van der Waals surface area contributed by atoms with Gasteiger partial charge in [-0.25, -0.2) is 0 Å². The maximum absolute atomic E-state index is 6.05. The van der Waals surface area contributed by atoms with Gasteiger partial charge in [0.1, 0.15) is 0 Å². The molecule has 1 aliphatic heterocycles. The zero-order valence-corrected chi connectivity index (χ0v) is 11.3. The molecule has 0 saturated carbocycles. The molecule has 1 atom stereocenters. The lowest BCUT2D eigenvalue weighted by atomic mass is 10.0. The van der Waals surface area contributed by atoms with E-state index in [2.05, 4.69) is 30.7 Å². The van der Waals surface area contributed by atoms with Gasteiger partial charge in [0.15, 0.2) is 0 Å². The van der Waals surface area contributed by atoms with Crippen LogP contribution in [0, 0.1) is 5.92 Å². The lowest BCUT2D eigenvalue weighted by Crippen LogP contribution is -2.35. The molecule has 0 bridgehead atoms. The van der Waals surface area contributed by atoms with Crippen LogP contribution >= 0.6 is 0 Å². The molecule has 0 aromatic rings. The molecule has 1 saturated heterocycles. The molecule has 1 fully saturated rings. The van der Waals surface area contributed by atoms with Crippen molar-refractivity contribution < 1.29 is 0 Å². The van der Waals surface area contributed by atoms with Gasteiger partial charge in [0.05, 0.1) is 0 Å². The van der Waals surface area contributed by atoms with Crippen molar-refractivity contribution in [3.8, 4) is 0 Å². The summed E-state index contributed by atoms with van der Waals surface area (Å²) in [5.41, 5.74) is 6.05. The quantitative estimate of drug-likeness (QED) is 0.713.